The molecule has 4 aromatic rings. The number of benzene rings is 1. The molecule has 0 aliphatic rings. The van der Waals surface area contributed by atoms with Crippen LogP contribution in [0.5, 0.6) is 0 Å². The molecule has 0 N–H and O–H groups in total. The van der Waals surface area contributed by atoms with Crippen molar-refractivity contribution < 1.29 is 0 Å². The zero-order chi connectivity index (χ0) is 20.2. The summed E-state index contributed by atoms with van der Waals surface area (Å²) in [5, 5.41) is 0. The molecule has 0 unspecified atom stereocenters. The SMILES string of the molecule is Cc1ccc(CN(CCc2ccccc2)Cc2cc(=O)n3c(C)cccc3n2)s1. The van der Waals surface area contributed by atoms with E-state index in [2.05, 4.69) is 48.2 Å². The molecular formula is C24H25N3OS. The minimum absolute atomic E-state index is 0.0157. The van der Waals surface area contributed by atoms with Gasteiger partial charge >= 0.3 is 0 Å². The summed E-state index contributed by atoms with van der Waals surface area (Å²) in [6.07, 6.45) is 0.969. The zero-order valence-corrected chi connectivity index (χ0v) is 17.7. The van der Waals surface area contributed by atoms with Gasteiger partial charge in [0.05, 0.1) is 5.69 Å². The van der Waals surface area contributed by atoms with Gasteiger partial charge in [0.1, 0.15) is 5.65 Å². The van der Waals surface area contributed by atoms with Gasteiger partial charge in [0.2, 0.25) is 0 Å². The number of rotatable bonds is 7. The first-order chi connectivity index (χ1) is 14.1. The highest BCUT2D eigenvalue weighted by Crippen LogP contribution is 2.18. The molecule has 0 spiro atoms. The fraction of sp³-hybridized carbons (Fsp3) is 0.250. The number of thiophene rings is 1. The van der Waals surface area contributed by atoms with Crippen LogP contribution in [0.15, 0.2) is 71.5 Å². The first-order valence-corrected chi connectivity index (χ1v) is 10.7. The number of nitrogens with zero attached hydrogens (tertiary/aromatic N) is 3. The largest absolute Gasteiger partial charge is 0.292 e. The average molecular weight is 404 g/mol. The van der Waals surface area contributed by atoms with Gasteiger partial charge in [0.25, 0.3) is 5.56 Å². The lowest BCUT2D eigenvalue weighted by atomic mass is 10.1. The summed E-state index contributed by atoms with van der Waals surface area (Å²) in [6.45, 7) is 6.50. The van der Waals surface area contributed by atoms with Crippen molar-refractivity contribution in [3.05, 3.63) is 104 Å². The molecule has 0 bridgehead atoms. The van der Waals surface area contributed by atoms with Crippen LogP contribution in [0.3, 0.4) is 0 Å². The highest BCUT2D eigenvalue weighted by molar-refractivity contribution is 7.11. The van der Waals surface area contributed by atoms with Crippen molar-refractivity contribution in [3.8, 4) is 0 Å². The second-order valence-electron chi connectivity index (χ2n) is 7.41. The van der Waals surface area contributed by atoms with Crippen LogP contribution < -0.4 is 5.56 Å². The summed E-state index contributed by atoms with van der Waals surface area (Å²) in [4.78, 5) is 22.5. The van der Waals surface area contributed by atoms with E-state index in [9.17, 15) is 4.79 Å². The molecule has 5 heteroatoms. The molecule has 148 valence electrons. The molecule has 3 aromatic heterocycles. The lowest BCUT2D eigenvalue weighted by Crippen LogP contribution is -2.27. The third-order valence-electron chi connectivity index (χ3n) is 5.05. The van der Waals surface area contributed by atoms with E-state index in [4.69, 9.17) is 4.98 Å². The van der Waals surface area contributed by atoms with Crippen LogP contribution in [0, 0.1) is 13.8 Å². The van der Waals surface area contributed by atoms with Crippen LogP contribution >= 0.6 is 11.3 Å². The van der Waals surface area contributed by atoms with E-state index < -0.39 is 0 Å². The second kappa shape index (κ2) is 8.72. The Bertz CT molecular complexity index is 1160. The Kier molecular flexibility index (Phi) is 5.88. The maximum Gasteiger partial charge on any atom is 0.258 e. The van der Waals surface area contributed by atoms with Gasteiger partial charge in [-0.3, -0.25) is 14.1 Å². The highest BCUT2D eigenvalue weighted by atomic mass is 32.1. The predicted molar refractivity (Wildman–Crippen MR) is 120 cm³/mol. The van der Waals surface area contributed by atoms with Crippen LogP contribution in [-0.4, -0.2) is 20.8 Å². The maximum atomic E-state index is 12.6. The standard InChI is InChI=1S/C24H25N3OS/c1-18-7-6-10-23-25-21(15-24(28)27(18)23)16-26(17-22-12-11-19(2)29-22)14-13-20-8-4-3-5-9-20/h3-12,15H,13-14,16-17H2,1-2H3. The van der Waals surface area contributed by atoms with Crippen LogP contribution in [0.1, 0.15) is 26.7 Å². The van der Waals surface area contributed by atoms with E-state index in [1.165, 1.54) is 15.3 Å². The average Bonchev–Trinajstić information content (AvgIpc) is 3.11. The molecule has 0 aliphatic heterocycles. The van der Waals surface area contributed by atoms with Crippen LogP contribution in [-0.2, 0) is 19.5 Å². The van der Waals surface area contributed by atoms with Gasteiger partial charge in [0, 0.05) is 41.1 Å². The first-order valence-electron chi connectivity index (χ1n) is 9.88. The molecule has 0 aliphatic carbocycles. The predicted octanol–water partition coefficient (Wildman–Crippen LogP) is 4.62. The van der Waals surface area contributed by atoms with E-state index in [-0.39, 0.29) is 5.56 Å². The van der Waals surface area contributed by atoms with Gasteiger partial charge in [-0.05, 0) is 50.1 Å². The third-order valence-corrected chi connectivity index (χ3v) is 6.04. The van der Waals surface area contributed by atoms with Crippen LogP contribution in [0.2, 0.25) is 0 Å². The van der Waals surface area contributed by atoms with Crippen LogP contribution in [0.4, 0.5) is 0 Å². The molecule has 3 heterocycles. The molecule has 0 fully saturated rings. The maximum absolute atomic E-state index is 12.6. The van der Waals surface area contributed by atoms with Crippen molar-refractivity contribution in [1.82, 2.24) is 14.3 Å². The monoisotopic (exact) mass is 403 g/mol. The molecule has 0 amide bonds. The van der Waals surface area contributed by atoms with Gasteiger partial charge in [-0.25, -0.2) is 4.98 Å². The van der Waals surface area contributed by atoms with E-state index in [0.717, 1.165) is 30.9 Å². The Labute approximate surface area is 175 Å². The summed E-state index contributed by atoms with van der Waals surface area (Å²) < 4.78 is 1.67. The Morgan fingerprint density at radius 3 is 2.55 bits per heavy atom. The number of hydrogen-bond acceptors (Lipinski definition) is 4. The van der Waals surface area contributed by atoms with Gasteiger partial charge in [-0.15, -0.1) is 11.3 Å². The summed E-state index contributed by atoms with van der Waals surface area (Å²) in [6, 6.07) is 22.3. The summed E-state index contributed by atoms with van der Waals surface area (Å²) >= 11 is 1.83. The minimum Gasteiger partial charge on any atom is -0.292 e. The lowest BCUT2D eigenvalue weighted by Gasteiger charge is -2.21. The van der Waals surface area contributed by atoms with E-state index in [1.54, 1.807) is 10.5 Å². The van der Waals surface area contributed by atoms with Crippen LogP contribution in [0.25, 0.3) is 5.65 Å². The smallest absolute Gasteiger partial charge is 0.258 e. The van der Waals surface area contributed by atoms with Crippen molar-refractivity contribution in [3.63, 3.8) is 0 Å². The zero-order valence-electron chi connectivity index (χ0n) is 16.8. The molecule has 4 nitrogen and oxygen atoms in total. The number of aryl methyl sites for hydroxylation is 2. The van der Waals surface area contributed by atoms with Crippen molar-refractivity contribution in [2.24, 2.45) is 0 Å². The number of aromatic nitrogens is 2. The van der Waals surface area contributed by atoms with Crippen molar-refractivity contribution in [2.45, 2.75) is 33.4 Å². The van der Waals surface area contributed by atoms with Crippen molar-refractivity contribution >= 4 is 17.0 Å². The molecule has 29 heavy (non-hydrogen) atoms. The van der Waals surface area contributed by atoms with E-state index in [1.807, 2.05) is 42.5 Å². The molecule has 0 radical (unpaired) electrons. The van der Waals surface area contributed by atoms with Gasteiger partial charge < -0.3 is 0 Å². The van der Waals surface area contributed by atoms with E-state index >= 15 is 0 Å². The Balaban J connectivity index is 1.58. The summed E-state index contributed by atoms with van der Waals surface area (Å²) in [7, 11) is 0. The lowest BCUT2D eigenvalue weighted by molar-refractivity contribution is 0.259. The Morgan fingerprint density at radius 2 is 1.79 bits per heavy atom. The van der Waals surface area contributed by atoms with E-state index in [0.29, 0.717) is 12.2 Å². The van der Waals surface area contributed by atoms with Gasteiger partial charge in [0.15, 0.2) is 0 Å². The fourth-order valence-electron chi connectivity index (χ4n) is 3.61. The van der Waals surface area contributed by atoms with Gasteiger partial charge in [-0.1, -0.05) is 36.4 Å². The highest BCUT2D eigenvalue weighted by Gasteiger charge is 2.12. The molecule has 0 saturated heterocycles. The normalized spacial score (nSPS) is 11.4. The minimum atomic E-state index is -0.0157. The molecule has 0 atom stereocenters. The number of pyridine rings is 1. The molecule has 4 rings (SSSR count). The third kappa shape index (κ3) is 4.81. The van der Waals surface area contributed by atoms with Gasteiger partial charge in [-0.2, -0.15) is 0 Å². The second-order valence-corrected chi connectivity index (χ2v) is 8.78. The molecular weight excluding hydrogens is 378 g/mol. The Morgan fingerprint density at radius 1 is 0.966 bits per heavy atom. The molecule has 1 aromatic carbocycles. The quantitative estimate of drug-likeness (QED) is 0.452. The van der Waals surface area contributed by atoms with Crippen molar-refractivity contribution in [2.75, 3.05) is 6.54 Å². The first kappa shape index (κ1) is 19.6. The number of fused-ring (bicyclic) bond motifs is 1. The Hall–Kier alpha value is -2.76. The summed E-state index contributed by atoms with van der Waals surface area (Å²) in [5.74, 6) is 0. The fourth-order valence-corrected chi connectivity index (χ4v) is 4.54. The summed E-state index contributed by atoms with van der Waals surface area (Å²) in [5.41, 5.74) is 3.74. The van der Waals surface area contributed by atoms with Crippen molar-refractivity contribution in [1.29, 1.82) is 0 Å². The number of hydrogen-bond donors (Lipinski definition) is 0. The topological polar surface area (TPSA) is 37.6 Å². The molecule has 0 saturated carbocycles.